The molecule has 0 aromatic rings. The Morgan fingerprint density at radius 1 is 1.00 bits per heavy atom. The molecule has 0 rings (SSSR count). The van der Waals surface area contributed by atoms with Gasteiger partial charge in [0.25, 0.3) is 0 Å². The molecule has 7 heavy (non-hydrogen) atoms. The first-order valence-electron chi connectivity index (χ1n) is 1.25. The fourth-order valence-electron chi connectivity index (χ4n) is 0.0596. The smallest absolute Gasteiger partial charge is 0.316 e. The second kappa shape index (κ2) is 9.20. The second-order valence-electron chi connectivity index (χ2n) is 0.529. The van der Waals surface area contributed by atoms with E-state index in [-0.39, 0.29) is 23.1 Å². The van der Waals surface area contributed by atoms with E-state index < -0.39 is 0 Å². The van der Waals surface area contributed by atoms with Crippen molar-refractivity contribution in [2.24, 2.45) is 10.3 Å². The van der Waals surface area contributed by atoms with Crippen LogP contribution in [0.25, 0.3) is 0 Å². The van der Waals surface area contributed by atoms with Gasteiger partial charge in [-0.05, 0) is 0 Å². The third kappa shape index (κ3) is 10.7. The lowest BCUT2D eigenvalue weighted by Crippen LogP contribution is -1.70. The fourth-order valence-corrected chi connectivity index (χ4v) is 0.0596. The quantitative estimate of drug-likeness (QED) is 0.199. The summed E-state index contributed by atoms with van der Waals surface area (Å²) in [7, 11) is 0. The highest BCUT2D eigenvalue weighted by molar-refractivity contribution is 6.15. The third-order valence-electron chi connectivity index (χ3n) is 0.200. The van der Waals surface area contributed by atoms with E-state index in [1.807, 2.05) is 0 Å². The zero-order valence-electron chi connectivity index (χ0n) is 2.94. The molecule has 0 amide bonds. The maximum Gasteiger partial charge on any atom is 0.316 e. The van der Waals surface area contributed by atoms with Gasteiger partial charge in [0.1, 0.15) is 0 Å². The van der Waals surface area contributed by atoms with Gasteiger partial charge in [-0.25, -0.2) is 0 Å². The first-order chi connectivity index (χ1) is 2.91. The van der Waals surface area contributed by atoms with Crippen molar-refractivity contribution in [3.63, 3.8) is 0 Å². The summed E-state index contributed by atoms with van der Waals surface area (Å²) in [5.41, 5.74) is 0. The van der Waals surface area contributed by atoms with Gasteiger partial charge >= 0.3 is 23.1 Å². The molecular weight excluding hydrogens is 108 g/mol. The Bertz CT molecular complexity index is 62.1. The van der Waals surface area contributed by atoms with E-state index in [4.69, 9.17) is 10.4 Å². The van der Waals surface area contributed by atoms with Gasteiger partial charge < -0.3 is 10.4 Å². The normalized spacial score (nSPS) is 9.71. The van der Waals surface area contributed by atoms with Crippen molar-refractivity contribution in [3.8, 4) is 0 Å². The summed E-state index contributed by atoms with van der Waals surface area (Å²) in [4.78, 5) is 0. The molecule has 2 N–H and O–H groups in total. The molecule has 0 unspecified atom stereocenters. The molecule has 0 saturated carbocycles. The first kappa shape index (κ1) is 9.86. The van der Waals surface area contributed by atoms with Gasteiger partial charge in [0, 0.05) is 0 Å². The lowest BCUT2D eigenvalue weighted by atomic mass is 10.8. The Balaban J connectivity index is 0. The van der Waals surface area contributed by atoms with Crippen LogP contribution in [0.2, 0.25) is 0 Å². The van der Waals surface area contributed by atoms with Crippen molar-refractivity contribution < 1.29 is 10.4 Å². The molecule has 0 spiro atoms. The average Bonchev–Trinajstić information content (AvgIpc) is 1.61. The van der Waals surface area contributed by atoms with Crippen LogP contribution in [0.5, 0.6) is 0 Å². The van der Waals surface area contributed by atoms with Crippen molar-refractivity contribution in [2.75, 3.05) is 0 Å². The van der Waals surface area contributed by atoms with Crippen LogP contribution in [0.3, 0.4) is 0 Å². The summed E-state index contributed by atoms with van der Waals surface area (Å²) in [5, 5.41) is 20.1. The molecule has 0 bridgehead atoms. The van der Waals surface area contributed by atoms with Crippen molar-refractivity contribution >= 4 is 35.5 Å². The summed E-state index contributed by atoms with van der Waals surface area (Å²) in [6, 6.07) is 0. The van der Waals surface area contributed by atoms with Gasteiger partial charge in [-0.1, -0.05) is 10.3 Å². The first-order valence-corrected chi connectivity index (χ1v) is 1.25. The third-order valence-corrected chi connectivity index (χ3v) is 0.200. The highest BCUT2D eigenvalue weighted by atomic mass is 24.3. The van der Waals surface area contributed by atoms with Crippen LogP contribution in [0, 0.1) is 0 Å². The minimum absolute atomic E-state index is 0. The fraction of sp³-hybridized carbons (Fsp3) is 0. The zero-order chi connectivity index (χ0) is 4.83. The maximum atomic E-state index is 7.56. The van der Waals surface area contributed by atoms with Gasteiger partial charge in [0.05, 0.1) is 12.4 Å². The molecule has 0 aliphatic rings. The summed E-state index contributed by atoms with van der Waals surface area (Å²) in [6.07, 6.45) is 1.89. The minimum atomic E-state index is 0. The van der Waals surface area contributed by atoms with Crippen LogP contribution in [-0.2, 0) is 0 Å². The molecule has 0 aliphatic carbocycles. The van der Waals surface area contributed by atoms with E-state index in [9.17, 15) is 0 Å². The molecule has 0 saturated heterocycles. The van der Waals surface area contributed by atoms with Crippen molar-refractivity contribution in [1.82, 2.24) is 0 Å². The largest absolute Gasteiger partial charge is 0.411 e. The summed E-state index contributed by atoms with van der Waals surface area (Å²) in [6.45, 7) is 0. The van der Waals surface area contributed by atoms with E-state index in [1.54, 1.807) is 0 Å². The van der Waals surface area contributed by atoms with Crippen LogP contribution in [0.1, 0.15) is 0 Å². The van der Waals surface area contributed by atoms with Gasteiger partial charge in [-0.2, -0.15) is 0 Å². The predicted octanol–water partition coefficient (Wildman–Crippen LogP) is -1.01. The van der Waals surface area contributed by atoms with Gasteiger partial charge in [0.15, 0.2) is 0 Å². The Morgan fingerprint density at radius 3 is 1.43 bits per heavy atom. The topological polar surface area (TPSA) is 65.2 Å². The highest BCUT2D eigenvalue weighted by Crippen LogP contribution is 1.45. The van der Waals surface area contributed by atoms with Crippen LogP contribution < -0.4 is 0 Å². The van der Waals surface area contributed by atoms with E-state index in [0.29, 0.717) is 0 Å². The van der Waals surface area contributed by atoms with Gasteiger partial charge in [0.2, 0.25) is 0 Å². The van der Waals surface area contributed by atoms with Crippen molar-refractivity contribution in [1.29, 1.82) is 0 Å². The number of nitrogens with zero attached hydrogens (tertiary/aromatic N) is 2. The van der Waals surface area contributed by atoms with E-state index in [1.165, 1.54) is 0 Å². The number of oxime groups is 2. The van der Waals surface area contributed by atoms with Gasteiger partial charge in [-0.3, -0.25) is 0 Å². The van der Waals surface area contributed by atoms with E-state index in [2.05, 4.69) is 10.3 Å². The molecule has 4 nitrogen and oxygen atoms in total. The average molecular weight is 114 g/mol. The molecule has 38 valence electrons. The maximum absolute atomic E-state index is 7.56. The Morgan fingerprint density at radius 2 is 1.29 bits per heavy atom. The van der Waals surface area contributed by atoms with Crippen molar-refractivity contribution in [2.45, 2.75) is 0 Å². The molecular formula is C2H6MgN2O2. The molecule has 5 heteroatoms. The number of hydrogen-bond acceptors (Lipinski definition) is 4. The van der Waals surface area contributed by atoms with E-state index in [0.717, 1.165) is 12.4 Å². The summed E-state index contributed by atoms with van der Waals surface area (Å²) < 4.78 is 0. The van der Waals surface area contributed by atoms with Crippen LogP contribution in [0.15, 0.2) is 10.3 Å². The molecule has 0 fully saturated rings. The van der Waals surface area contributed by atoms with Crippen LogP contribution in [0.4, 0.5) is 0 Å². The Hall–Kier alpha value is -0.294. The minimum Gasteiger partial charge on any atom is -0.411 e. The van der Waals surface area contributed by atoms with E-state index >= 15 is 0 Å². The van der Waals surface area contributed by atoms with Crippen LogP contribution >= 0.6 is 0 Å². The number of hydrogen-bond donors (Lipinski definition) is 2. The zero-order valence-corrected chi connectivity index (χ0v) is 2.94. The molecule has 0 radical (unpaired) electrons. The Kier molecular flexibility index (Phi) is 13.0. The summed E-state index contributed by atoms with van der Waals surface area (Å²) in [5.74, 6) is 0. The molecule has 0 aliphatic heterocycles. The lowest BCUT2D eigenvalue weighted by Gasteiger charge is -1.62. The molecule has 0 atom stereocenters. The highest BCUT2D eigenvalue weighted by Gasteiger charge is 1.54. The predicted molar refractivity (Wildman–Crippen MR) is 29.1 cm³/mol. The monoisotopic (exact) mass is 114 g/mol. The van der Waals surface area contributed by atoms with Gasteiger partial charge in [-0.15, -0.1) is 0 Å². The Labute approximate surface area is 56.7 Å². The molecule has 0 heterocycles. The van der Waals surface area contributed by atoms with Crippen molar-refractivity contribution in [3.05, 3.63) is 0 Å². The molecule has 0 aromatic heterocycles. The second-order valence-corrected chi connectivity index (χ2v) is 0.529. The summed E-state index contributed by atoms with van der Waals surface area (Å²) >= 11 is 0. The van der Waals surface area contributed by atoms with Crippen LogP contribution in [-0.4, -0.2) is 45.9 Å². The standard InChI is InChI=1S/C2H4N2O2.Mg.2H/c5-3-1-2-4-6;;;/h1-2,5-6H;;;. The SMILES string of the molecule is ON=CC=NO.[MgH2]. The lowest BCUT2D eigenvalue weighted by molar-refractivity contribution is 0.317. The number of rotatable bonds is 1. The molecule has 0 aromatic carbocycles.